The average molecular weight is 1030 g/mol. The number of aromatic nitrogens is 2. The van der Waals surface area contributed by atoms with Crippen molar-refractivity contribution in [3.8, 4) is 0 Å². The molecule has 0 radical (unpaired) electrons. The number of hydrogen-bond donors (Lipinski definition) is 10. The van der Waals surface area contributed by atoms with Gasteiger partial charge in [-0.1, -0.05) is 0 Å². The highest BCUT2D eigenvalue weighted by molar-refractivity contribution is 5.97. The van der Waals surface area contributed by atoms with E-state index in [0.717, 1.165) is 10.9 Å². The van der Waals surface area contributed by atoms with E-state index >= 15 is 0 Å². The van der Waals surface area contributed by atoms with Gasteiger partial charge in [0.2, 0.25) is 23.6 Å². The molecular weight excluding hydrogens is 951 g/mol. The molecule has 0 fully saturated rings. The Morgan fingerprint density at radius 2 is 1.22 bits per heavy atom. The summed E-state index contributed by atoms with van der Waals surface area (Å²) in [5.41, 5.74) is -4.36. The molecule has 6 amide bonds. The van der Waals surface area contributed by atoms with Crippen LogP contribution in [0.25, 0.3) is 0 Å². The van der Waals surface area contributed by atoms with Crippen molar-refractivity contribution in [2.24, 2.45) is 0 Å². The van der Waals surface area contributed by atoms with Crippen LogP contribution in [0.4, 0.5) is 14.4 Å². The third-order valence-electron chi connectivity index (χ3n) is 9.65. The monoisotopic (exact) mass is 1030 g/mol. The van der Waals surface area contributed by atoms with E-state index in [9.17, 15) is 63.0 Å². The number of carbonyl (C=O) groups is 11. The number of carboxylic acids is 2. The number of imidazole rings is 1. The van der Waals surface area contributed by atoms with Crippen LogP contribution in [0.3, 0.4) is 0 Å². The molecule has 72 heavy (non-hydrogen) atoms. The molecule has 0 saturated carbocycles. The zero-order valence-electron chi connectivity index (χ0n) is 43.3. The number of ketones is 2. The number of aliphatic hydroxyl groups excluding tert-OH is 1. The number of carboxylic acid groups (broad SMARTS) is 2. The molecule has 0 aliphatic rings. The third kappa shape index (κ3) is 26.0. The van der Waals surface area contributed by atoms with Crippen molar-refractivity contribution in [3.05, 3.63) is 18.2 Å². The molecule has 0 spiro atoms. The molecule has 1 aromatic heterocycles. The zero-order chi connectivity index (χ0) is 55.4. The van der Waals surface area contributed by atoms with E-state index in [4.69, 9.17) is 19.3 Å². The maximum Gasteiger partial charge on any atom is 0.420 e. The molecule has 5 atom stereocenters. The van der Waals surface area contributed by atoms with Crippen LogP contribution in [-0.4, -0.2) is 163 Å². The van der Waals surface area contributed by atoms with Gasteiger partial charge in [-0.3, -0.25) is 38.4 Å². The Morgan fingerprint density at radius 1 is 0.639 bits per heavy atom. The molecule has 1 aromatic rings. The lowest BCUT2D eigenvalue weighted by molar-refractivity contribution is -0.139. The van der Waals surface area contributed by atoms with Gasteiger partial charge in [0.05, 0.1) is 37.4 Å². The summed E-state index contributed by atoms with van der Waals surface area (Å²) in [6.07, 6.45) is -3.00. The van der Waals surface area contributed by atoms with Gasteiger partial charge in [-0.25, -0.2) is 23.9 Å². The molecule has 0 aliphatic heterocycles. The summed E-state index contributed by atoms with van der Waals surface area (Å²) >= 11 is 0. The van der Waals surface area contributed by atoms with Crippen LogP contribution in [0.2, 0.25) is 0 Å². The van der Waals surface area contributed by atoms with E-state index < -0.39 is 150 Å². The number of unbranched alkanes of at least 4 members (excludes halogenated alkanes) is 1. The second kappa shape index (κ2) is 28.4. The number of nitrogens with zero attached hydrogens (tertiary/aromatic N) is 2. The summed E-state index contributed by atoms with van der Waals surface area (Å²) in [5, 5.41) is 46.1. The second-order valence-corrected chi connectivity index (χ2v) is 20.4. The first-order chi connectivity index (χ1) is 33.0. The Morgan fingerprint density at radius 3 is 1.78 bits per heavy atom. The predicted molar refractivity (Wildman–Crippen MR) is 255 cm³/mol. The predicted octanol–water partition coefficient (Wildman–Crippen LogP) is 0.985. The number of alkyl carbamates (subject to hydrolysis) is 2. The molecule has 1 heterocycles. The minimum Gasteiger partial charge on any atom is -0.481 e. The maximum absolute atomic E-state index is 13.9. The molecule has 0 aromatic carbocycles. The topological polar surface area (TPSA) is 378 Å². The minimum atomic E-state index is -1.88. The Labute approximate surface area is 418 Å². The van der Waals surface area contributed by atoms with Gasteiger partial charge in [0, 0.05) is 32.0 Å². The Hall–Kier alpha value is -6.70. The highest BCUT2D eigenvalue weighted by atomic mass is 16.6. The summed E-state index contributed by atoms with van der Waals surface area (Å²) in [6.45, 7) is 17.3. The Kier molecular flexibility index (Phi) is 24.9. The SMILES string of the molecule is C[C@@H](O)[C@H](NC(=O)CNC(=O)[C@H](CCC(=O)O)NC(=O)C(C)(C)NC(=O)[C@H](Cc1cncn1C(=O)OC(C)(C)C)NC(=O)OC(C)(C)C)C(=O)CN[C@@H](CCCCNC(=O)OC(C)(C)C)C(=O)CCC(=O)O. The molecule has 0 bridgehead atoms. The van der Waals surface area contributed by atoms with Gasteiger partial charge in [-0.2, -0.15) is 0 Å². The lowest BCUT2D eigenvalue weighted by Crippen LogP contribution is -2.62. The van der Waals surface area contributed by atoms with Crippen LogP contribution in [0.5, 0.6) is 0 Å². The van der Waals surface area contributed by atoms with Crippen molar-refractivity contribution in [3.63, 3.8) is 0 Å². The van der Waals surface area contributed by atoms with Crippen LogP contribution in [0.15, 0.2) is 12.5 Å². The van der Waals surface area contributed by atoms with Crippen LogP contribution >= 0.6 is 0 Å². The normalized spacial score (nSPS) is 13.9. The Balaban J connectivity index is 3.12. The molecule has 26 nitrogen and oxygen atoms in total. The maximum atomic E-state index is 13.9. The van der Waals surface area contributed by atoms with Crippen LogP contribution in [-0.2, 0) is 59.0 Å². The first kappa shape index (κ1) is 63.3. The van der Waals surface area contributed by atoms with Crippen molar-refractivity contribution >= 4 is 65.4 Å². The summed E-state index contributed by atoms with van der Waals surface area (Å²) < 4.78 is 16.9. The standard InChI is InChI=1S/C46H75N9O17/c1-26(56)36(32(58)23-49-28(31(57)17-19-35(62)63)15-13-14-20-48-40(67)70-43(2,3)4)53-33(59)24-50-37(64)29(16-18-34(60)61)51-39(66)46(11,12)54-38(65)30(52-41(68)71-44(5,6)7)21-27-22-47-25-55(27)42(69)72-45(8,9)10/h22,25-26,28-30,36,49,56H,13-21,23-24H2,1-12H3,(H,48,67)(H,50,64)(H,51,66)(H,52,68)(H,53,59)(H,54,65)(H,60,61)(H,62,63)/t26-,28+,29+,30+,36+/m1/s1. The molecule has 10 N–H and O–H groups in total. The van der Waals surface area contributed by atoms with Crippen molar-refractivity contribution < 1.29 is 82.3 Å². The van der Waals surface area contributed by atoms with Gasteiger partial charge in [-0.15, -0.1) is 0 Å². The van der Waals surface area contributed by atoms with E-state index in [-0.39, 0.29) is 31.5 Å². The van der Waals surface area contributed by atoms with Crippen molar-refractivity contribution in [2.75, 3.05) is 19.6 Å². The number of aliphatic carboxylic acids is 2. The van der Waals surface area contributed by atoms with Crippen molar-refractivity contribution in [1.29, 1.82) is 0 Å². The quantitative estimate of drug-likeness (QED) is 0.0413. The molecular formula is C46H75N9O17. The summed E-state index contributed by atoms with van der Waals surface area (Å²) in [4.78, 5) is 145. The van der Waals surface area contributed by atoms with E-state index in [2.05, 4.69) is 42.2 Å². The van der Waals surface area contributed by atoms with Gasteiger partial charge in [0.25, 0.3) is 0 Å². The highest BCUT2D eigenvalue weighted by Crippen LogP contribution is 2.15. The average Bonchev–Trinajstić information content (AvgIpc) is 3.69. The number of rotatable bonds is 28. The summed E-state index contributed by atoms with van der Waals surface area (Å²) in [6, 6.07) is -5.69. The number of nitrogens with one attached hydrogen (secondary N) is 7. The van der Waals surface area contributed by atoms with Crippen LogP contribution in [0.1, 0.15) is 134 Å². The van der Waals surface area contributed by atoms with E-state index in [1.165, 1.54) is 27.0 Å². The van der Waals surface area contributed by atoms with Crippen LogP contribution < -0.4 is 37.2 Å². The van der Waals surface area contributed by atoms with Gasteiger partial charge in [-0.05, 0) is 109 Å². The zero-order valence-corrected chi connectivity index (χ0v) is 43.3. The Bertz CT molecular complexity index is 2080. The first-order valence-corrected chi connectivity index (χ1v) is 23.3. The van der Waals surface area contributed by atoms with Gasteiger partial charge in [0.15, 0.2) is 5.78 Å². The minimum absolute atomic E-state index is 0.128. The first-order valence-electron chi connectivity index (χ1n) is 23.3. The second-order valence-electron chi connectivity index (χ2n) is 20.4. The molecule has 26 heteroatoms. The number of aliphatic hydroxyl groups is 1. The number of carbonyl (C=O) groups excluding carboxylic acids is 9. The van der Waals surface area contributed by atoms with Crippen LogP contribution in [0, 0.1) is 0 Å². The third-order valence-corrected chi connectivity index (χ3v) is 9.65. The smallest absolute Gasteiger partial charge is 0.420 e. The number of Topliss-reactive ketones (excluding diaryl/α,β-unsaturated/α-hetero) is 2. The van der Waals surface area contributed by atoms with E-state index in [1.807, 2.05) is 0 Å². The molecule has 1 rings (SSSR count). The summed E-state index contributed by atoms with van der Waals surface area (Å²) in [5.74, 6) is -7.88. The highest BCUT2D eigenvalue weighted by Gasteiger charge is 2.37. The fourth-order valence-electron chi connectivity index (χ4n) is 6.22. The van der Waals surface area contributed by atoms with E-state index in [1.54, 1.807) is 62.3 Å². The summed E-state index contributed by atoms with van der Waals surface area (Å²) in [7, 11) is 0. The van der Waals surface area contributed by atoms with Gasteiger partial charge >= 0.3 is 30.2 Å². The number of amides is 6. The van der Waals surface area contributed by atoms with Gasteiger partial charge in [0.1, 0.15) is 52.6 Å². The molecule has 406 valence electrons. The van der Waals surface area contributed by atoms with Crippen molar-refractivity contribution in [2.45, 2.75) is 187 Å². The number of hydrogen-bond acceptors (Lipinski definition) is 17. The lowest BCUT2D eigenvalue weighted by atomic mass is 10.0. The fourth-order valence-corrected chi connectivity index (χ4v) is 6.22. The molecule has 0 saturated heterocycles. The molecule has 0 aliphatic carbocycles. The van der Waals surface area contributed by atoms with E-state index in [0.29, 0.717) is 12.8 Å². The fraction of sp³-hybridized carbons (Fsp3) is 0.696. The number of ether oxygens (including phenoxy) is 3. The lowest BCUT2D eigenvalue weighted by Gasteiger charge is -2.30. The molecule has 0 unspecified atom stereocenters. The largest absolute Gasteiger partial charge is 0.481 e. The van der Waals surface area contributed by atoms with Crippen molar-refractivity contribution in [1.82, 2.24) is 46.8 Å². The van der Waals surface area contributed by atoms with Gasteiger partial charge < -0.3 is 66.7 Å².